The first kappa shape index (κ1) is 14.2. The standard InChI is InChI=1S/C11H21N3O2S/c1-6-11(4,5)7-12-17(15,16)10-8(2)13-14-9(10)3/h12H,6-7H2,1-5H3,(H,13,14). The van der Waals surface area contributed by atoms with Crippen molar-refractivity contribution >= 4 is 10.0 Å². The summed E-state index contributed by atoms with van der Waals surface area (Å²) in [7, 11) is -3.47. The normalized spacial score (nSPS) is 13.0. The van der Waals surface area contributed by atoms with Crippen LogP contribution in [0.1, 0.15) is 38.6 Å². The molecule has 0 unspecified atom stereocenters. The molecule has 2 N–H and O–H groups in total. The van der Waals surface area contributed by atoms with Gasteiger partial charge in [-0.3, -0.25) is 5.10 Å². The van der Waals surface area contributed by atoms with E-state index in [0.29, 0.717) is 17.9 Å². The fourth-order valence-electron chi connectivity index (χ4n) is 1.42. The third-order valence-corrected chi connectivity index (χ3v) is 4.69. The molecule has 0 bridgehead atoms. The Kier molecular flexibility index (Phi) is 3.99. The van der Waals surface area contributed by atoms with Gasteiger partial charge in [-0.25, -0.2) is 13.1 Å². The van der Waals surface area contributed by atoms with Gasteiger partial charge in [-0.15, -0.1) is 0 Å². The number of H-pyrrole nitrogens is 1. The highest BCUT2D eigenvalue weighted by Gasteiger charge is 2.25. The fraction of sp³-hybridized carbons (Fsp3) is 0.727. The van der Waals surface area contributed by atoms with Gasteiger partial charge < -0.3 is 0 Å². The molecule has 0 aliphatic heterocycles. The van der Waals surface area contributed by atoms with Crippen molar-refractivity contribution in [3.63, 3.8) is 0 Å². The Morgan fingerprint density at radius 1 is 1.35 bits per heavy atom. The van der Waals surface area contributed by atoms with E-state index < -0.39 is 10.0 Å². The highest BCUT2D eigenvalue weighted by molar-refractivity contribution is 7.89. The van der Waals surface area contributed by atoms with Gasteiger partial charge >= 0.3 is 0 Å². The van der Waals surface area contributed by atoms with Crippen molar-refractivity contribution in [1.82, 2.24) is 14.9 Å². The van der Waals surface area contributed by atoms with Crippen LogP contribution in [-0.4, -0.2) is 25.2 Å². The van der Waals surface area contributed by atoms with Gasteiger partial charge in [0.15, 0.2) is 0 Å². The summed E-state index contributed by atoms with van der Waals surface area (Å²) in [5.41, 5.74) is 1.03. The van der Waals surface area contributed by atoms with Crippen molar-refractivity contribution in [3.8, 4) is 0 Å². The number of nitrogens with zero attached hydrogens (tertiary/aromatic N) is 1. The van der Waals surface area contributed by atoms with E-state index >= 15 is 0 Å². The third-order valence-electron chi connectivity index (χ3n) is 3.03. The molecule has 98 valence electrons. The molecule has 0 amide bonds. The van der Waals surface area contributed by atoms with Crippen LogP contribution in [0.4, 0.5) is 0 Å². The third kappa shape index (κ3) is 3.29. The van der Waals surface area contributed by atoms with Crippen LogP contribution < -0.4 is 4.72 Å². The maximum absolute atomic E-state index is 12.1. The molecule has 0 aliphatic carbocycles. The molecule has 0 fully saturated rings. The van der Waals surface area contributed by atoms with E-state index in [2.05, 4.69) is 14.9 Å². The second-order valence-corrected chi connectivity index (χ2v) is 6.81. The number of hydrogen-bond donors (Lipinski definition) is 2. The average Bonchev–Trinajstić information content (AvgIpc) is 2.57. The lowest BCUT2D eigenvalue weighted by atomic mass is 9.91. The van der Waals surface area contributed by atoms with E-state index in [1.54, 1.807) is 13.8 Å². The van der Waals surface area contributed by atoms with Gasteiger partial charge in [0.05, 0.1) is 11.4 Å². The van der Waals surface area contributed by atoms with Gasteiger partial charge in [-0.1, -0.05) is 20.8 Å². The van der Waals surface area contributed by atoms with Crippen LogP contribution >= 0.6 is 0 Å². The van der Waals surface area contributed by atoms with Gasteiger partial charge in [0.1, 0.15) is 4.90 Å². The van der Waals surface area contributed by atoms with E-state index in [1.165, 1.54) is 0 Å². The molecule has 0 aromatic carbocycles. The van der Waals surface area contributed by atoms with Crippen molar-refractivity contribution < 1.29 is 8.42 Å². The Bertz CT molecular complexity index is 469. The molecule has 1 rings (SSSR count). The zero-order chi connectivity index (χ0) is 13.3. The van der Waals surface area contributed by atoms with Crippen molar-refractivity contribution in [1.29, 1.82) is 0 Å². The zero-order valence-corrected chi connectivity index (χ0v) is 11.9. The summed E-state index contributed by atoms with van der Waals surface area (Å²) in [5, 5.41) is 6.59. The molecule has 0 atom stereocenters. The van der Waals surface area contributed by atoms with Crippen LogP contribution in [0.3, 0.4) is 0 Å². The van der Waals surface area contributed by atoms with Crippen molar-refractivity contribution in [2.75, 3.05) is 6.54 Å². The summed E-state index contributed by atoms with van der Waals surface area (Å²) in [6, 6.07) is 0. The second-order valence-electron chi connectivity index (χ2n) is 5.11. The van der Waals surface area contributed by atoms with E-state index in [-0.39, 0.29) is 10.3 Å². The van der Waals surface area contributed by atoms with Crippen molar-refractivity contribution in [2.45, 2.75) is 45.9 Å². The maximum atomic E-state index is 12.1. The number of hydrogen-bond acceptors (Lipinski definition) is 3. The predicted molar refractivity (Wildman–Crippen MR) is 67.3 cm³/mol. The van der Waals surface area contributed by atoms with Gasteiger partial charge in [0, 0.05) is 6.54 Å². The second kappa shape index (κ2) is 4.78. The van der Waals surface area contributed by atoms with Crippen LogP contribution in [0.25, 0.3) is 0 Å². The van der Waals surface area contributed by atoms with Gasteiger partial charge in [0.25, 0.3) is 0 Å². The average molecular weight is 259 g/mol. The van der Waals surface area contributed by atoms with E-state index in [9.17, 15) is 8.42 Å². The molecule has 1 heterocycles. The molecular formula is C11H21N3O2S. The Balaban J connectivity index is 2.91. The summed E-state index contributed by atoms with van der Waals surface area (Å²) < 4.78 is 26.9. The number of nitrogens with one attached hydrogen (secondary N) is 2. The molecule has 0 saturated carbocycles. The molecule has 0 saturated heterocycles. The van der Waals surface area contributed by atoms with Crippen LogP contribution in [0, 0.1) is 19.3 Å². The first-order chi connectivity index (χ1) is 7.69. The molecule has 6 heteroatoms. The minimum absolute atomic E-state index is 0.0430. The van der Waals surface area contributed by atoms with Crippen LogP contribution in [-0.2, 0) is 10.0 Å². The number of rotatable bonds is 5. The summed E-state index contributed by atoms with van der Waals surface area (Å²) in [6.07, 6.45) is 0.916. The number of aromatic nitrogens is 2. The quantitative estimate of drug-likeness (QED) is 0.845. The number of aromatic amines is 1. The Morgan fingerprint density at radius 2 is 1.94 bits per heavy atom. The molecule has 0 spiro atoms. The lowest BCUT2D eigenvalue weighted by molar-refractivity contribution is 0.350. The van der Waals surface area contributed by atoms with Crippen LogP contribution in [0.15, 0.2) is 4.90 Å². The van der Waals surface area contributed by atoms with Gasteiger partial charge in [-0.2, -0.15) is 5.10 Å². The van der Waals surface area contributed by atoms with Gasteiger partial charge in [0.2, 0.25) is 10.0 Å². The fourth-order valence-corrected chi connectivity index (χ4v) is 3.03. The van der Waals surface area contributed by atoms with E-state index in [0.717, 1.165) is 6.42 Å². The summed E-state index contributed by atoms with van der Waals surface area (Å²) in [6.45, 7) is 9.93. The lowest BCUT2D eigenvalue weighted by Gasteiger charge is -2.22. The molecule has 17 heavy (non-hydrogen) atoms. The highest BCUT2D eigenvalue weighted by Crippen LogP contribution is 2.21. The van der Waals surface area contributed by atoms with Crippen LogP contribution in [0.5, 0.6) is 0 Å². The molecule has 1 aromatic heterocycles. The lowest BCUT2D eigenvalue weighted by Crippen LogP contribution is -2.34. The molecule has 1 aromatic rings. The SMILES string of the molecule is CCC(C)(C)CNS(=O)(=O)c1c(C)n[nH]c1C. The maximum Gasteiger partial charge on any atom is 0.244 e. The number of aryl methyl sites for hydroxylation is 2. The smallest absolute Gasteiger partial charge is 0.244 e. The van der Waals surface area contributed by atoms with E-state index in [1.807, 2.05) is 20.8 Å². The van der Waals surface area contributed by atoms with E-state index in [4.69, 9.17) is 0 Å². The number of sulfonamides is 1. The first-order valence-corrected chi connectivity index (χ1v) is 7.19. The van der Waals surface area contributed by atoms with Gasteiger partial charge in [-0.05, 0) is 25.7 Å². The molecule has 0 aliphatic rings. The minimum atomic E-state index is -3.47. The summed E-state index contributed by atoms with van der Waals surface area (Å²) in [5.74, 6) is 0. The van der Waals surface area contributed by atoms with Crippen molar-refractivity contribution in [3.05, 3.63) is 11.4 Å². The van der Waals surface area contributed by atoms with Crippen molar-refractivity contribution in [2.24, 2.45) is 5.41 Å². The Labute approximate surface area is 103 Å². The molecular weight excluding hydrogens is 238 g/mol. The predicted octanol–water partition coefficient (Wildman–Crippen LogP) is 1.74. The first-order valence-electron chi connectivity index (χ1n) is 5.71. The largest absolute Gasteiger partial charge is 0.281 e. The Hall–Kier alpha value is -0.880. The minimum Gasteiger partial charge on any atom is -0.281 e. The molecule has 5 nitrogen and oxygen atoms in total. The summed E-state index contributed by atoms with van der Waals surface area (Å²) >= 11 is 0. The monoisotopic (exact) mass is 259 g/mol. The Morgan fingerprint density at radius 3 is 2.35 bits per heavy atom. The van der Waals surface area contributed by atoms with Crippen LogP contribution in [0.2, 0.25) is 0 Å². The highest BCUT2D eigenvalue weighted by atomic mass is 32.2. The molecule has 0 radical (unpaired) electrons. The zero-order valence-electron chi connectivity index (χ0n) is 11.1. The topological polar surface area (TPSA) is 74.8 Å². The summed E-state index contributed by atoms with van der Waals surface area (Å²) in [4.78, 5) is 0.268.